The van der Waals surface area contributed by atoms with E-state index < -0.39 is 26.1 Å². The van der Waals surface area contributed by atoms with Gasteiger partial charge in [-0.3, -0.25) is 4.55 Å². The monoisotopic (exact) mass is 280 g/mol. The summed E-state index contributed by atoms with van der Waals surface area (Å²) >= 11 is 0. The summed E-state index contributed by atoms with van der Waals surface area (Å²) in [6.45, 7) is 5.26. The Morgan fingerprint density at radius 1 is 1.28 bits per heavy atom. The normalized spacial score (nSPS) is 41.9. The van der Waals surface area contributed by atoms with E-state index in [4.69, 9.17) is 5.21 Å². The zero-order chi connectivity index (χ0) is 13.9. The first-order valence-electron chi connectivity index (χ1n) is 5.81. The number of fused-ring (bicyclic) bond motifs is 2. The van der Waals surface area contributed by atoms with Crippen molar-refractivity contribution >= 4 is 10.1 Å². The summed E-state index contributed by atoms with van der Waals surface area (Å²) in [5.74, 6) is -0.0778. The molecule has 3 aliphatic rings. The second kappa shape index (κ2) is 3.57. The lowest BCUT2D eigenvalue weighted by Crippen LogP contribution is -2.69. The van der Waals surface area contributed by atoms with Gasteiger partial charge in [0.15, 0.2) is 0 Å². The number of hydrogen-bond acceptors (Lipinski definition) is 4. The summed E-state index contributed by atoms with van der Waals surface area (Å²) in [5.41, 5.74) is -0.229. The van der Waals surface area contributed by atoms with Gasteiger partial charge in [0.2, 0.25) is 6.10 Å². The quantitative estimate of drug-likeness (QED) is 0.594. The van der Waals surface area contributed by atoms with Crippen LogP contribution in [0.1, 0.15) is 33.6 Å². The maximum absolute atomic E-state index is 11.7. The summed E-state index contributed by atoms with van der Waals surface area (Å²) in [7, 11) is -4.40. The number of hydrogen-bond donors (Lipinski definition) is 2. The van der Waals surface area contributed by atoms with Crippen LogP contribution in [0.4, 0.5) is 0 Å². The highest BCUT2D eigenvalue weighted by atomic mass is 32.2. The molecule has 18 heavy (non-hydrogen) atoms. The van der Waals surface area contributed by atoms with Crippen molar-refractivity contribution in [3.8, 4) is 0 Å². The van der Waals surface area contributed by atoms with Crippen molar-refractivity contribution in [3.05, 3.63) is 4.91 Å². The van der Waals surface area contributed by atoms with E-state index in [0.29, 0.717) is 12.8 Å². The average molecular weight is 280 g/mol. The molecule has 2 N–H and O–H groups in total. The molecule has 3 rings (SSSR count). The van der Waals surface area contributed by atoms with Gasteiger partial charge < -0.3 is 0 Å². The van der Waals surface area contributed by atoms with Crippen LogP contribution in [0.2, 0.25) is 0 Å². The van der Waals surface area contributed by atoms with Crippen molar-refractivity contribution < 1.29 is 28.1 Å². The maximum Gasteiger partial charge on any atom is 0.475 e. The first-order chi connectivity index (χ1) is 8.01. The van der Waals surface area contributed by atoms with Crippen LogP contribution in [-0.4, -0.2) is 34.1 Å². The Labute approximate surface area is 105 Å². The average Bonchev–Trinajstić information content (AvgIpc) is 2.17. The van der Waals surface area contributed by atoms with Gasteiger partial charge in [0.25, 0.3) is 10.1 Å². The van der Waals surface area contributed by atoms with Crippen molar-refractivity contribution in [2.45, 2.75) is 44.5 Å². The largest absolute Gasteiger partial charge is 0.475 e. The van der Waals surface area contributed by atoms with Crippen LogP contribution in [0, 0.1) is 22.2 Å². The third-order valence-corrected chi connectivity index (χ3v) is 6.73. The first kappa shape index (κ1) is 13.5. The zero-order valence-electron chi connectivity index (χ0n) is 10.5. The van der Waals surface area contributed by atoms with Gasteiger partial charge in [0.05, 0.1) is 0 Å². The summed E-state index contributed by atoms with van der Waals surface area (Å²) in [5, 5.41) is 7.88. The fourth-order valence-corrected chi connectivity index (χ4v) is 4.94. The van der Waals surface area contributed by atoms with Crippen molar-refractivity contribution in [1.82, 2.24) is 0 Å². The molecule has 8 heteroatoms. The van der Waals surface area contributed by atoms with Gasteiger partial charge in [-0.2, -0.15) is 13.3 Å². The van der Waals surface area contributed by atoms with Crippen LogP contribution >= 0.6 is 0 Å². The summed E-state index contributed by atoms with van der Waals surface area (Å²) < 4.78 is 31.3. The molecule has 4 atom stereocenters. The molecule has 104 valence electrons. The SMILES string of the molecule is CC1(C)C2CC(O[N+](=O)O)C(C)(S(=O)(=O)O)C1C2. The smallest absolute Gasteiger partial charge is 0.285 e. The Kier molecular flexibility index (Phi) is 2.68. The predicted octanol–water partition coefficient (Wildman–Crippen LogP) is 1.17. The molecule has 7 nitrogen and oxygen atoms in total. The van der Waals surface area contributed by atoms with Crippen LogP contribution in [0.5, 0.6) is 0 Å². The molecule has 0 radical (unpaired) electrons. The molecule has 3 fully saturated rings. The van der Waals surface area contributed by atoms with Gasteiger partial charge in [-0.15, -0.1) is 0 Å². The Bertz CT molecular complexity index is 487. The van der Waals surface area contributed by atoms with E-state index in [1.807, 2.05) is 13.8 Å². The third kappa shape index (κ3) is 1.55. The standard InChI is InChI=1S/C10H17NO6S/c1-9(2)6-4-7(9)10(3,18(14,15)16)8(5-6)17-11(12)13/h6-8H,4-5H2,1-3H3,(H-,12,13,14,15,16)/p+1. The molecule has 0 aromatic heterocycles. The van der Waals surface area contributed by atoms with Gasteiger partial charge in [-0.05, 0) is 37.0 Å². The van der Waals surface area contributed by atoms with Crippen LogP contribution in [0.3, 0.4) is 0 Å². The van der Waals surface area contributed by atoms with E-state index in [-0.39, 0.29) is 17.3 Å². The van der Waals surface area contributed by atoms with Crippen molar-refractivity contribution in [2.75, 3.05) is 0 Å². The minimum absolute atomic E-state index is 0.224. The molecule has 0 saturated heterocycles. The van der Waals surface area contributed by atoms with Crippen molar-refractivity contribution in [2.24, 2.45) is 17.3 Å². The molecular formula is C10H18NO6S+. The fraction of sp³-hybridized carbons (Fsp3) is 1.00. The zero-order valence-corrected chi connectivity index (χ0v) is 11.3. The maximum atomic E-state index is 11.7. The Morgan fingerprint density at radius 2 is 1.83 bits per heavy atom. The molecular weight excluding hydrogens is 262 g/mol. The number of rotatable bonds is 3. The van der Waals surface area contributed by atoms with Gasteiger partial charge in [0.1, 0.15) is 9.65 Å². The molecule has 0 amide bonds. The molecule has 0 spiro atoms. The molecule has 0 heterocycles. The van der Waals surface area contributed by atoms with Crippen LogP contribution in [0.15, 0.2) is 0 Å². The molecule has 3 saturated carbocycles. The van der Waals surface area contributed by atoms with E-state index in [1.165, 1.54) is 6.92 Å². The van der Waals surface area contributed by atoms with E-state index in [0.717, 1.165) is 0 Å². The number of nitrogens with zero attached hydrogens (tertiary/aromatic N) is 1. The second-order valence-electron chi connectivity index (χ2n) is 6.03. The molecule has 3 aliphatic carbocycles. The summed E-state index contributed by atoms with van der Waals surface area (Å²) in [6, 6.07) is 0. The highest BCUT2D eigenvalue weighted by Gasteiger charge is 2.70. The van der Waals surface area contributed by atoms with Gasteiger partial charge >= 0.3 is 5.09 Å². The molecule has 0 aromatic rings. The molecule has 0 aromatic carbocycles. The van der Waals surface area contributed by atoms with E-state index in [9.17, 15) is 17.9 Å². The Morgan fingerprint density at radius 3 is 2.22 bits per heavy atom. The van der Waals surface area contributed by atoms with Crippen molar-refractivity contribution in [3.63, 3.8) is 0 Å². The van der Waals surface area contributed by atoms with Gasteiger partial charge in [-0.1, -0.05) is 13.8 Å². The van der Waals surface area contributed by atoms with Gasteiger partial charge in [0, 0.05) is 0 Å². The van der Waals surface area contributed by atoms with E-state index in [1.54, 1.807) is 0 Å². The fourth-order valence-electron chi connectivity index (χ4n) is 3.71. The van der Waals surface area contributed by atoms with Crippen LogP contribution < -0.4 is 0 Å². The Balaban J connectivity index is 2.43. The summed E-state index contributed by atoms with van der Waals surface area (Å²) in [6.07, 6.45) is -0.0428. The Hall–Kier alpha value is -0.890. The summed E-state index contributed by atoms with van der Waals surface area (Å²) in [4.78, 5) is 15.2. The molecule has 0 aliphatic heterocycles. The predicted molar refractivity (Wildman–Crippen MR) is 60.2 cm³/mol. The molecule has 4 unspecified atom stereocenters. The lowest BCUT2D eigenvalue weighted by molar-refractivity contribution is -0.983. The van der Waals surface area contributed by atoms with E-state index in [2.05, 4.69) is 4.84 Å². The van der Waals surface area contributed by atoms with Crippen molar-refractivity contribution in [1.29, 1.82) is 0 Å². The first-order valence-corrected chi connectivity index (χ1v) is 7.25. The van der Waals surface area contributed by atoms with Gasteiger partial charge in [-0.25, -0.2) is 5.21 Å². The molecule has 2 bridgehead atoms. The second-order valence-corrected chi connectivity index (χ2v) is 7.86. The third-order valence-electron chi connectivity index (χ3n) is 5.07. The van der Waals surface area contributed by atoms with Crippen LogP contribution in [-0.2, 0) is 15.0 Å². The lowest BCUT2D eigenvalue weighted by Gasteiger charge is -2.63. The lowest BCUT2D eigenvalue weighted by atomic mass is 9.45. The highest BCUT2D eigenvalue weighted by Crippen LogP contribution is 2.65. The van der Waals surface area contributed by atoms with E-state index >= 15 is 0 Å². The van der Waals surface area contributed by atoms with Crippen LogP contribution in [0.25, 0.3) is 0 Å². The highest BCUT2D eigenvalue weighted by molar-refractivity contribution is 7.87. The minimum atomic E-state index is -4.40. The topological polar surface area (TPSA) is 104 Å². The minimum Gasteiger partial charge on any atom is -0.285 e.